The zero-order chi connectivity index (χ0) is 14.3. The molecule has 0 aliphatic rings. The molecule has 7 heteroatoms. The van der Waals surface area contributed by atoms with Gasteiger partial charge < -0.3 is 4.18 Å². The summed E-state index contributed by atoms with van der Waals surface area (Å²) in [5, 5.41) is 0. The molecule has 0 aromatic rings. The lowest BCUT2D eigenvalue weighted by Crippen LogP contribution is -2.12. The maximum atomic E-state index is 12.3. The Hall–Kier alpha value is -0.0300. The third-order valence-electron chi connectivity index (χ3n) is 1.91. The first-order valence-electron chi connectivity index (χ1n) is 6.07. The largest absolute Gasteiger partial charge is 0.428 e. The fourth-order valence-corrected chi connectivity index (χ4v) is 4.13. The zero-order valence-corrected chi connectivity index (χ0v) is 13.5. The van der Waals surface area contributed by atoms with E-state index in [0.717, 1.165) is 0 Å². The van der Waals surface area contributed by atoms with E-state index < -0.39 is 12.8 Å². The SMILES string of the molecule is CCC(C)C(=O)OSP(=O)(OC(C)C)OC(C)C. The molecule has 0 spiro atoms. The first-order chi connectivity index (χ1) is 8.20. The van der Waals surface area contributed by atoms with Crippen molar-refractivity contribution in [1.29, 1.82) is 0 Å². The molecular weight excluding hydrogens is 275 g/mol. The van der Waals surface area contributed by atoms with E-state index in [4.69, 9.17) is 13.2 Å². The summed E-state index contributed by atoms with van der Waals surface area (Å²) in [4.78, 5) is 11.5. The Morgan fingerprint density at radius 1 is 1.11 bits per heavy atom. The number of carbonyl (C=O) groups excluding carboxylic acids is 1. The van der Waals surface area contributed by atoms with Crippen LogP contribution in [0.1, 0.15) is 48.0 Å². The van der Waals surface area contributed by atoms with Crippen LogP contribution in [0.25, 0.3) is 0 Å². The predicted molar refractivity (Wildman–Crippen MR) is 73.2 cm³/mol. The van der Waals surface area contributed by atoms with Gasteiger partial charge in [0.25, 0.3) is 0 Å². The molecule has 108 valence electrons. The van der Waals surface area contributed by atoms with Gasteiger partial charge in [-0.05, 0) is 34.1 Å². The summed E-state index contributed by atoms with van der Waals surface area (Å²) in [6, 6.07) is 0. The minimum Gasteiger partial charge on any atom is -0.379 e. The summed E-state index contributed by atoms with van der Waals surface area (Å²) in [5.41, 5.74) is 0. The Bertz CT molecular complexity index is 292. The van der Waals surface area contributed by atoms with Gasteiger partial charge in [0.2, 0.25) is 0 Å². The summed E-state index contributed by atoms with van der Waals surface area (Å²) in [7, 11) is 0. The number of hydrogen-bond acceptors (Lipinski definition) is 6. The molecule has 0 amide bonds. The smallest absolute Gasteiger partial charge is 0.379 e. The van der Waals surface area contributed by atoms with E-state index in [1.165, 1.54) is 0 Å². The molecule has 0 aliphatic heterocycles. The van der Waals surface area contributed by atoms with Gasteiger partial charge in [-0.3, -0.25) is 13.8 Å². The Morgan fingerprint density at radius 2 is 1.56 bits per heavy atom. The molecule has 0 aromatic heterocycles. The average Bonchev–Trinajstić information content (AvgIpc) is 2.22. The first kappa shape index (κ1) is 18.0. The summed E-state index contributed by atoms with van der Waals surface area (Å²) in [5.74, 6) is -0.647. The van der Waals surface area contributed by atoms with Gasteiger partial charge in [0.15, 0.2) is 11.7 Å². The molecule has 0 bridgehead atoms. The van der Waals surface area contributed by atoms with Crippen molar-refractivity contribution in [3.8, 4) is 0 Å². The second kappa shape index (κ2) is 8.20. The van der Waals surface area contributed by atoms with Crippen molar-refractivity contribution in [2.24, 2.45) is 5.92 Å². The second-order valence-electron chi connectivity index (χ2n) is 4.54. The zero-order valence-electron chi connectivity index (χ0n) is 11.8. The fraction of sp³-hybridized carbons (Fsp3) is 0.909. The van der Waals surface area contributed by atoms with Crippen LogP contribution in [0, 0.1) is 5.92 Å². The molecule has 5 nitrogen and oxygen atoms in total. The van der Waals surface area contributed by atoms with E-state index in [1.54, 1.807) is 34.6 Å². The van der Waals surface area contributed by atoms with Gasteiger partial charge in [0.05, 0.1) is 18.1 Å². The van der Waals surface area contributed by atoms with Gasteiger partial charge in [-0.2, -0.15) is 0 Å². The summed E-state index contributed by atoms with van der Waals surface area (Å²) < 4.78 is 27.7. The van der Waals surface area contributed by atoms with Crippen molar-refractivity contribution in [1.82, 2.24) is 0 Å². The van der Waals surface area contributed by atoms with Gasteiger partial charge in [-0.15, -0.1) is 0 Å². The first-order valence-corrected chi connectivity index (χ1v) is 8.96. The minimum atomic E-state index is -3.46. The monoisotopic (exact) mass is 298 g/mol. The average molecular weight is 298 g/mol. The van der Waals surface area contributed by atoms with Crippen LogP contribution in [-0.2, 0) is 22.6 Å². The van der Waals surface area contributed by atoms with Crippen LogP contribution in [0.3, 0.4) is 0 Å². The van der Waals surface area contributed by atoms with Gasteiger partial charge >= 0.3 is 12.8 Å². The quantitative estimate of drug-likeness (QED) is 0.495. The van der Waals surface area contributed by atoms with E-state index in [9.17, 15) is 9.36 Å². The molecule has 0 aliphatic carbocycles. The Morgan fingerprint density at radius 3 is 1.89 bits per heavy atom. The normalized spacial score (nSPS) is 14.0. The minimum absolute atomic E-state index is 0.232. The molecular formula is C11H23O5PS. The molecule has 0 fully saturated rings. The maximum Gasteiger partial charge on any atom is 0.428 e. The third kappa shape index (κ3) is 7.41. The van der Waals surface area contributed by atoms with Crippen LogP contribution < -0.4 is 0 Å². The second-order valence-corrected chi connectivity index (χ2v) is 7.96. The summed E-state index contributed by atoms with van der Waals surface area (Å²) in [6.07, 6.45) is 0.119. The highest BCUT2D eigenvalue weighted by molar-refractivity contribution is 8.52. The number of rotatable bonds is 8. The fourth-order valence-electron chi connectivity index (χ4n) is 0.908. The summed E-state index contributed by atoms with van der Waals surface area (Å²) in [6.45, 7) is 7.14. The lowest BCUT2D eigenvalue weighted by atomic mass is 10.1. The highest BCUT2D eigenvalue weighted by Crippen LogP contribution is 2.62. The molecule has 0 heterocycles. The van der Waals surface area contributed by atoms with Crippen molar-refractivity contribution in [3.63, 3.8) is 0 Å². The maximum absolute atomic E-state index is 12.3. The molecule has 0 radical (unpaired) electrons. The van der Waals surface area contributed by atoms with Crippen molar-refractivity contribution in [2.75, 3.05) is 0 Å². The van der Waals surface area contributed by atoms with E-state index in [1.807, 2.05) is 6.92 Å². The van der Waals surface area contributed by atoms with Crippen molar-refractivity contribution in [2.45, 2.75) is 60.2 Å². The predicted octanol–water partition coefficient (Wildman–Crippen LogP) is 4.18. The Balaban J connectivity index is 4.51. The molecule has 1 unspecified atom stereocenters. The third-order valence-corrected chi connectivity index (χ3v) is 4.97. The topological polar surface area (TPSA) is 61.8 Å². The Labute approximate surface area is 113 Å². The molecule has 1 atom stereocenters. The summed E-state index contributed by atoms with van der Waals surface area (Å²) >= 11 is 0.494. The van der Waals surface area contributed by atoms with Crippen molar-refractivity contribution in [3.05, 3.63) is 0 Å². The number of hydrogen-bond donors (Lipinski definition) is 0. The highest BCUT2D eigenvalue weighted by atomic mass is 32.7. The highest BCUT2D eigenvalue weighted by Gasteiger charge is 2.33. The van der Waals surface area contributed by atoms with Crippen LogP contribution in [0.15, 0.2) is 0 Å². The molecule has 0 saturated carbocycles. The number of carbonyl (C=O) groups is 1. The van der Waals surface area contributed by atoms with Crippen LogP contribution in [0.5, 0.6) is 0 Å². The lowest BCUT2D eigenvalue weighted by molar-refractivity contribution is -0.137. The lowest BCUT2D eigenvalue weighted by Gasteiger charge is -2.20. The van der Waals surface area contributed by atoms with Crippen LogP contribution in [0.4, 0.5) is 0 Å². The van der Waals surface area contributed by atoms with Gasteiger partial charge in [0, 0.05) is 0 Å². The van der Waals surface area contributed by atoms with Gasteiger partial charge in [-0.1, -0.05) is 13.8 Å². The van der Waals surface area contributed by atoms with E-state index in [2.05, 4.69) is 0 Å². The molecule has 0 N–H and O–H groups in total. The molecule has 0 saturated heterocycles. The van der Waals surface area contributed by atoms with E-state index in [-0.39, 0.29) is 18.1 Å². The van der Waals surface area contributed by atoms with Crippen molar-refractivity contribution < 1.29 is 22.6 Å². The standard InChI is InChI=1S/C11H23O5PS/c1-7-10(6)11(12)16-18-17(13,14-8(2)3)15-9(4)5/h8-10H,7H2,1-6H3. The van der Waals surface area contributed by atoms with Gasteiger partial charge in [0.1, 0.15) is 0 Å². The Kier molecular flexibility index (Phi) is 8.19. The van der Waals surface area contributed by atoms with Crippen LogP contribution in [-0.4, -0.2) is 18.2 Å². The van der Waals surface area contributed by atoms with Crippen LogP contribution >= 0.6 is 18.5 Å². The van der Waals surface area contributed by atoms with Gasteiger partial charge in [-0.25, -0.2) is 4.57 Å². The van der Waals surface area contributed by atoms with E-state index >= 15 is 0 Å². The molecule has 0 aromatic carbocycles. The van der Waals surface area contributed by atoms with Crippen molar-refractivity contribution >= 4 is 24.4 Å². The molecule has 0 rings (SSSR count). The molecule has 18 heavy (non-hydrogen) atoms. The van der Waals surface area contributed by atoms with Crippen LogP contribution in [0.2, 0.25) is 0 Å². The van der Waals surface area contributed by atoms with E-state index in [0.29, 0.717) is 18.1 Å².